The van der Waals surface area contributed by atoms with E-state index in [4.69, 9.17) is 21.7 Å². The molecule has 0 saturated heterocycles. The molecule has 10 heteroatoms. The number of carbonyl (C=O) groups is 3. The summed E-state index contributed by atoms with van der Waals surface area (Å²) in [4.78, 5) is 41.1. The van der Waals surface area contributed by atoms with Crippen LogP contribution in [-0.2, 0) is 19.1 Å². The number of thioether (sulfide) groups is 2. The minimum atomic E-state index is -0.883. The summed E-state index contributed by atoms with van der Waals surface area (Å²) in [6.45, 7) is 3.78. The van der Waals surface area contributed by atoms with Crippen molar-refractivity contribution in [3.05, 3.63) is 78.2 Å². The molecule has 2 aliphatic heterocycles. The van der Waals surface area contributed by atoms with Gasteiger partial charge in [-0.05, 0) is 38.1 Å². The molecule has 0 aliphatic carbocycles. The Morgan fingerprint density at radius 1 is 0.943 bits per heavy atom. The molecule has 0 spiro atoms. The van der Waals surface area contributed by atoms with Gasteiger partial charge in [-0.1, -0.05) is 75.9 Å². The Hall–Kier alpha value is -2.40. The minimum Gasteiger partial charge on any atom is -0.465 e. The van der Waals surface area contributed by atoms with Crippen molar-refractivity contribution < 1.29 is 23.9 Å². The van der Waals surface area contributed by atoms with Gasteiger partial charge >= 0.3 is 11.9 Å². The van der Waals surface area contributed by atoms with Crippen LogP contribution in [0.15, 0.2) is 67.1 Å². The molecule has 0 atom stereocenters. The molecule has 0 bridgehead atoms. The van der Waals surface area contributed by atoms with E-state index in [1.165, 1.54) is 14.2 Å². The van der Waals surface area contributed by atoms with Crippen LogP contribution in [0.4, 0.5) is 5.69 Å². The Kier molecular flexibility index (Phi) is 7.28. The number of carbonyl (C=O) groups excluding carboxylic acids is 3. The zero-order chi connectivity index (χ0) is 25.5. The lowest BCUT2D eigenvalue weighted by atomic mass is 9.83. The molecule has 180 valence electrons. The first-order chi connectivity index (χ1) is 16.6. The van der Waals surface area contributed by atoms with Gasteiger partial charge in [-0.2, -0.15) is 0 Å². The van der Waals surface area contributed by atoms with E-state index in [-0.39, 0.29) is 15.7 Å². The van der Waals surface area contributed by atoms with E-state index in [0.29, 0.717) is 25.9 Å². The molecule has 0 fully saturated rings. The van der Waals surface area contributed by atoms with Gasteiger partial charge in [-0.25, -0.2) is 9.59 Å². The molecular weight excluding hydrogens is 570 g/mol. The van der Waals surface area contributed by atoms with Gasteiger partial charge in [0, 0.05) is 21.2 Å². The van der Waals surface area contributed by atoms with Crippen molar-refractivity contribution in [1.82, 2.24) is 0 Å². The molecule has 0 saturated carbocycles. The zero-order valence-corrected chi connectivity index (χ0v) is 23.2. The van der Waals surface area contributed by atoms with E-state index in [0.717, 1.165) is 33.6 Å². The van der Waals surface area contributed by atoms with Gasteiger partial charge in [0.05, 0.1) is 34.5 Å². The van der Waals surface area contributed by atoms with Gasteiger partial charge in [-0.15, -0.1) is 0 Å². The first kappa shape index (κ1) is 25.7. The second kappa shape index (κ2) is 9.93. The number of thiocarbonyl (C=S) groups is 1. The molecule has 2 aromatic carbocycles. The van der Waals surface area contributed by atoms with Gasteiger partial charge < -0.3 is 9.47 Å². The molecule has 1 amide bonds. The topological polar surface area (TPSA) is 72.9 Å². The van der Waals surface area contributed by atoms with Gasteiger partial charge in [0.1, 0.15) is 9.81 Å². The Balaban J connectivity index is 1.88. The van der Waals surface area contributed by atoms with Crippen LogP contribution >= 0.6 is 51.7 Å². The van der Waals surface area contributed by atoms with Crippen LogP contribution in [0.3, 0.4) is 0 Å². The third-order valence-corrected chi connectivity index (χ3v) is 9.33. The summed E-state index contributed by atoms with van der Waals surface area (Å²) >= 11 is 11.7. The number of benzene rings is 2. The highest BCUT2D eigenvalue weighted by Gasteiger charge is 2.46. The number of hydrogen-bond donors (Lipinski definition) is 0. The quantitative estimate of drug-likeness (QED) is 0.246. The molecule has 2 aliphatic rings. The van der Waals surface area contributed by atoms with E-state index >= 15 is 0 Å². The van der Waals surface area contributed by atoms with Gasteiger partial charge in [0.15, 0.2) is 0 Å². The lowest BCUT2D eigenvalue weighted by molar-refractivity contribution is -0.138. The molecule has 6 nitrogen and oxygen atoms in total. The van der Waals surface area contributed by atoms with Crippen LogP contribution in [0.5, 0.6) is 0 Å². The summed E-state index contributed by atoms with van der Waals surface area (Å²) in [6.07, 6.45) is 0. The van der Waals surface area contributed by atoms with E-state index < -0.39 is 17.5 Å². The number of halogens is 1. The second-order valence-corrected chi connectivity index (χ2v) is 11.7. The maximum atomic E-state index is 13.8. The molecule has 4 rings (SSSR count). The highest BCUT2D eigenvalue weighted by molar-refractivity contribution is 9.10. The van der Waals surface area contributed by atoms with Crippen molar-refractivity contribution in [1.29, 1.82) is 0 Å². The minimum absolute atomic E-state index is 0.151. The molecule has 0 radical (unpaired) electrons. The fourth-order valence-electron chi connectivity index (χ4n) is 3.88. The maximum Gasteiger partial charge on any atom is 0.346 e. The summed E-state index contributed by atoms with van der Waals surface area (Å²) in [6, 6.07) is 14.7. The third-order valence-electron chi connectivity index (χ3n) is 5.57. The predicted octanol–water partition coefficient (Wildman–Crippen LogP) is 5.96. The standard InChI is InChI=1S/C25H20BrNO5S3/c1-25(2)20(33)17(24-34-18(22(29)31-3)19(35-24)23(30)32-4)15-10-5-6-11-16(15)27(25)21(28)13-8-7-9-14(26)12-13/h5-12H,1-4H3. The molecule has 0 N–H and O–H groups in total. The van der Waals surface area contributed by atoms with Crippen LogP contribution in [0, 0.1) is 0 Å². The number of fused-ring (bicyclic) bond motifs is 1. The Labute approximate surface area is 225 Å². The average Bonchev–Trinajstić information content (AvgIpc) is 3.28. The normalized spacial score (nSPS) is 16.8. The first-order valence-electron chi connectivity index (χ1n) is 10.4. The van der Waals surface area contributed by atoms with Crippen LogP contribution in [0.25, 0.3) is 5.57 Å². The number of esters is 2. The van der Waals surface area contributed by atoms with E-state index in [9.17, 15) is 14.4 Å². The molecule has 2 aromatic rings. The Morgan fingerprint density at radius 2 is 1.54 bits per heavy atom. The lowest BCUT2D eigenvalue weighted by Crippen LogP contribution is -2.55. The predicted molar refractivity (Wildman–Crippen MR) is 147 cm³/mol. The Bertz CT molecular complexity index is 1320. The summed E-state index contributed by atoms with van der Waals surface area (Å²) in [5, 5.41) is 0. The largest absolute Gasteiger partial charge is 0.465 e. The lowest BCUT2D eigenvalue weighted by Gasteiger charge is -2.45. The number of ether oxygens (including phenoxy) is 2. The molecule has 2 heterocycles. The van der Waals surface area contributed by atoms with Crippen molar-refractivity contribution in [2.24, 2.45) is 0 Å². The first-order valence-corrected chi connectivity index (χ1v) is 13.2. The summed E-state index contributed by atoms with van der Waals surface area (Å²) in [5.74, 6) is -1.44. The molecule has 0 unspecified atom stereocenters. The molecule has 35 heavy (non-hydrogen) atoms. The third kappa shape index (κ3) is 4.48. The highest BCUT2D eigenvalue weighted by Crippen LogP contribution is 2.56. The zero-order valence-electron chi connectivity index (χ0n) is 19.2. The number of para-hydroxylation sites is 1. The van der Waals surface area contributed by atoms with Crippen molar-refractivity contribution in [3.8, 4) is 0 Å². The molecular formula is C25H20BrNO5S3. The smallest absolute Gasteiger partial charge is 0.346 e. The number of methoxy groups -OCH3 is 2. The maximum absolute atomic E-state index is 13.8. The van der Waals surface area contributed by atoms with Crippen molar-refractivity contribution in [3.63, 3.8) is 0 Å². The number of anilines is 1. The van der Waals surface area contributed by atoms with Crippen LogP contribution in [0.1, 0.15) is 29.8 Å². The summed E-state index contributed by atoms with van der Waals surface area (Å²) < 4.78 is 11.2. The number of nitrogens with zero attached hydrogens (tertiary/aromatic N) is 1. The van der Waals surface area contributed by atoms with Gasteiger partial charge in [0.2, 0.25) is 0 Å². The van der Waals surface area contributed by atoms with Crippen LogP contribution in [0.2, 0.25) is 0 Å². The number of rotatable bonds is 3. The Morgan fingerprint density at radius 3 is 2.11 bits per heavy atom. The second-order valence-electron chi connectivity index (χ2n) is 8.06. The highest BCUT2D eigenvalue weighted by atomic mass is 79.9. The van der Waals surface area contributed by atoms with Crippen LogP contribution in [-0.4, -0.2) is 42.5 Å². The molecule has 0 aromatic heterocycles. The average molecular weight is 591 g/mol. The van der Waals surface area contributed by atoms with E-state index in [2.05, 4.69) is 15.9 Å². The monoisotopic (exact) mass is 589 g/mol. The van der Waals surface area contributed by atoms with Crippen LogP contribution < -0.4 is 4.90 Å². The summed E-state index contributed by atoms with van der Waals surface area (Å²) in [5.41, 5.74) is 1.77. The van der Waals surface area contributed by atoms with E-state index in [1.54, 1.807) is 17.0 Å². The van der Waals surface area contributed by atoms with Gasteiger partial charge in [-0.3, -0.25) is 9.69 Å². The van der Waals surface area contributed by atoms with Crippen molar-refractivity contribution in [2.75, 3.05) is 19.1 Å². The van der Waals surface area contributed by atoms with E-state index in [1.807, 2.05) is 50.2 Å². The summed E-state index contributed by atoms with van der Waals surface area (Å²) in [7, 11) is 2.52. The fraction of sp³-hybridized carbons (Fsp3) is 0.200. The number of hydrogen-bond acceptors (Lipinski definition) is 8. The number of amides is 1. The van der Waals surface area contributed by atoms with Gasteiger partial charge in [0.25, 0.3) is 5.91 Å². The van der Waals surface area contributed by atoms with Crippen molar-refractivity contribution in [2.45, 2.75) is 19.4 Å². The fourth-order valence-corrected chi connectivity index (χ4v) is 7.32. The SMILES string of the molecule is COC(=O)C1=C(C(=O)OC)SC(=C2C(=S)C(C)(C)N(C(=O)c3cccc(Br)c3)c3ccccc32)S1. The van der Waals surface area contributed by atoms with Crippen molar-refractivity contribution >= 4 is 85.6 Å².